The molecule has 0 fully saturated rings. The number of rotatable bonds is 7. The Morgan fingerprint density at radius 3 is 2.59 bits per heavy atom. The molecular weight excluding hydrogens is 372 g/mol. The summed E-state index contributed by atoms with van der Waals surface area (Å²) in [5, 5.41) is 5.67. The van der Waals surface area contributed by atoms with Gasteiger partial charge in [0.15, 0.2) is 12.4 Å². The number of aryl methyl sites for hydroxylation is 1. The minimum atomic E-state index is -0.914. The molecule has 1 atom stereocenters. The first-order valence-electron chi connectivity index (χ1n) is 8.35. The summed E-state index contributed by atoms with van der Waals surface area (Å²) >= 11 is 5.91. The number of nitrogens with one attached hydrogen (secondary N) is 2. The minimum absolute atomic E-state index is 0.0858. The lowest BCUT2D eigenvalue weighted by atomic mass is 10.0. The molecule has 0 aliphatic rings. The second-order valence-electron chi connectivity index (χ2n) is 6.29. The summed E-state index contributed by atoms with van der Waals surface area (Å²) < 4.78 is 10.1. The molecule has 144 valence electrons. The maximum absolute atomic E-state index is 12.3. The van der Waals surface area contributed by atoms with Crippen molar-refractivity contribution in [2.24, 2.45) is 5.92 Å². The van der Waals surface area contributed by atoms with E-state index in [4.69, 9.17) is 20.8 Å². The molecule has 2 amide bonds. The summed E-state index contributed by atoms with van der Waals surface area (Å²) in [5.41, 5.74) is 1.36. The van der Waals surface area contributed by atoms with E-state index >= 15 is 0 Å². The van der Waals surface area contributed by atoms with E-state index in [1.165, 1.54) is 12.3 Å². The molecule has 1 aromatic carbocycles. The van der Waals surface area contributed by atoms with Crippen LogP contribution < -0.4 is 10.6 Å². The molecule has 27 heavy (non-hydrogen) atoms. The van der Waals surface area contributed by atoms with Gasteiger partial charge in [0.2, 0.25) is 0 Å². The second-order valence-corrected chi connectivity index (χ2v) is 6.72. The number of ether oxygens (including phenoxy) is 1. The molecule has 0 radical (unpaired) electrons. The van der Waals surface area contributed by atoms with E-state index in [2.05, 4.69) is 10.6 Å². The summed E-state index contributed by atoms with van der Waals surface area (Å²) in [4.78, 5) is 36.4. The Balaban J connectivity index is 1.92. The van der Waals surface area contributed by atoms with Gasteiger partial charge < -0.3 is 19.8 Å². The molecule has 0 saturated carbocycles. The zero-order valence-electron chi connectivity index (χ0n) is 15.2. The molecule has 8 heteroatoms. The molecular formula is C19H21ClN2O5. The van der Waals surface area contributed by atoms with Gasteiger partial charge in [0.05, 0.1) is 6.26 Å². The molecule has 0 aliphatic heterocycles. The Kier molecular flexibility index (Phi) is 7.01. The van der Waals surface area contributed by atoms with Crippen molar-refractivity contribution in [3.05, 3.63) is 52.9 Å². The van der Waals surface area contributed by atoms with Gasteiger partial charge in [0, 0.05) is 10.7 Å². The number of carbonyl (C=O) groups is 3. The first kappa shape index (κ1) is 20.5. The summed E-state index contributed by atoms with van der Waals surface area (Å²) in [6.07, 6.45) is 1.36. The van der Waals surface area contributed by atoms with E-state index in [0.29, 0.717) is 10.7 Å². The number of carbonyl (C=O) groups excluding carboxylic acids is 3. The Labute approximate surface area is 162 Å². The van der Waals surface area contributed by atoms with E-state index in [0.717, 1.165) is 5.56 Å². The fourth-order valence-electron chi connectivity index (χ4n) is 2.26. The summed E-state index contributed by atoms with van der Waals surface area (Å²) in [6.45, 7) is 4.84. The van der Waals surface area contributed by atoms with Crippen molar-refractivity contribution in [3.63, 3.8) is 0 Å². The number of furan rings is 1. The first-order valence-corrected chi connectivity index (χ1v) is 8.72. The lowest BCUT2D eigenvalue weighted by molar-refractivity contribution is -0.150. The summed E-state index contributed by atoms with van der Waals surface area (Å²) in [5.74, 6) is -1.90. The van der Waals surface area contributed by atoms with E-state index in [1.807, 2.05) is 6.92 Å². The number of esters is 1. The molecule has 0 unspecified atom stereocenters. The van der Waals surface area contributed by atoms with Crippen LogP contribution in [-0.2, 0) is 14.3 Å². The van der Waals surface area contributed by atoms with Crippen LogP contribution in [0.5, 0.6) is 0 Å². The standard InChI is InChI=1S/C19H21ClN2O5/c1-11(2)17(22-18(24)15-5-4-8-26-15)19(25)27-10-16(23)21-14-9-13(20)7-6-12(14)3/h4-9,11,17H,10H2,1-3H3,(H,21,23)(H,22,24)/t17-/m0/s1. The maximum atomic E-state index is 12.3. The predicted octanol–water partition coefficient (Wildman–Crippen LogP) is 3.18. The molecule has 1 aromatic heterocycles. The van der Waals surface area contributed by atoms with Crippen LogP contribution in [0.15, 0.2) is 41.0 Å². The fraction of sp³-hybridized carbons (Fsp3) is 0.316. The van der Waals surface area contributed by atoms with Crippen molar-refractivity contribution in [2.75, 3.05) is 11.9 Å². The van der Waals surface area contributed by atoms with Crippen LogP contribution in [0.3, 0.4) is 0 Å². The van der Waals surface area contributed by atoms with Crippen molar-refractivity contribution in [1.82, 2.24) is 5.32 Å². The van der Waals surface area contributed by atoms with Crippen LogP contribution >= 0.6 is 11.6 Å². The molecule has 0 aliphatic carbocycles. The molecule has 7 nitrogen and oxygen atoms in total. The highest BCUT2D eigenvalue weighted by atomic mass is 35.5. The van der Waals surface area contributed by atoms with Gasteiger partial charge in [-0.1, -0.05) is 31.5 Å². The smallest absolute Gasteiger partial charge is 0.329 e. The highest BCUT2D eigenvalue weighted by Crippen LogP contribution is 2.20. The average Bonchev–Trinajstić information content (AvgIpc) is 3.15. The van der Waals surface area contributed by atoms with Crippen molar-refractivity contribution >= 4 is 35.1 Å². The van der Waals surface area contributed by atoms with Gasteiger partial charge in [-0.25, -0.2) is 4.79 Å². The monoisotopic (exact) mass is 392 g/mol. The van der Waals surface area contributed by atoms with Crippen molar-refractivity contribution in [1.29, 1.82) is 0 Å². The van der Waals surface area contributed by atoms with Gasteiger partial charge in [-0.3, -0.25) is 9.59 Å². The molecule has 0 spiro atoms. The quantitative estimate of drug-likeness (QED) is 0.705. The number of anilines is 1. The Morgan fingerprint density at radius 2 is 1.96 bits per heavy atom. The minimum Gasteiger partial charge on any atom is -0.459 e. The highest BCUT2D eigenvalue weighted by molar-refractivity contribution is 6.31. The van der Waals surface area contributed by atoms with Gasteiger partial charge >= 0.3 is 5.97 Å². The van der Waals surface area contributed by atoms with Crippen LogP contribution in [0.25, 0.3) is 0 Å². The number of hydrogen-bond donors (Lipinski definition) is 2. The Bertz CT molecular complexity index is 818. The average molecular weight is 393 g/mol. The summed E-state index contributed by atoms with van der Waals surface area (Å²) in [7, 11) is 0. The fourth-order valence-corrected chi connectivity index (χ4v) is 2.43. The molecule has 0 saturated heterocycles. The first-order chi connectivity index (χ1) is 12.8. The third-order valence-electron chi connectivity index (χ3n) is 3.77. The van der Waals surface area contributed by atoms with Crippen molar-refractivity contribution in [2.45, 2.75) is 26.8 Å². The van der Waals surface area contributed by atoms with Crippen LogP contribution in [-0.4, -0.2) is 30.4 Å². The van der Waals surface area contributed by atoms with Crippen LogP contribution in [0, 0.1) is 12.8 Å². The topological polar surface area (TPSA) is 97.6 Å². The molecule has 0 bridgehead atoms. The Hall–Kier alpha value is -2.80. The maximum Gasteiger partial charge on any atom is 0.329 e. The largest absolute Gasteiger partial charge is 0.459 e. The van der Waals surface area contributed by atoms with Crippen molar-refractivity contribution < 1.29 is 23.5 Å². The normalized spacial score (nSPS) is 11.7. The van der Waals surface area contributed by atoms with Crippen LogP contribution in [0.2, 0.25) is 5.02 Å². The number of amides is 2. The van der Waals surface area contributed by atoms with E-state index in [-0.39, 0.29) is 11.7 Å². The van der Waals surface area contributed by atoms with E-state index < -0.39 is 30.4 Å². The van der Waals surface area contributed by atoms with Gasteiger partial charge in [-0.05, 0) is 42.7 Å². The second kappa shape index (κ2) is 9.23. The van der Waals surface area contributed by atoms with Gasteiger partial charge in [0.1, 0.15) is 6.04 Å². The van der Waals surface area contributed by atoms with Crippen LogP contribution in [0.1, 0.15) is 30.0 Å². The number of halogens is 1. The SMILES string of the molecule is Cc1ccc(Cl)cc1NC(=O)COC(=O)[C@@H](NC(=O)c1ccco1)C(C)C. The molecule has 2 aromatic rings. The van der Waals surface area contributed by atoms with Gasteiger partial charge in [-0.15, -0.1) is 0 Å². The van der Waals surface area contributed by atoms with Crippen molar-refractivity contribution in [3.8, 4) is 0 Å². The van der Waals surface area contributed by atoms with Crippen LogP contribution in [0.4, 0.5) is 5.69 Å². The zero-order valence-corrected chi connectivity index (χ0v) is 16.0. The number of hydrogen-bond acceptors (Lipinski definition) is 5. The number of benzene rings is 1. The highest BCUT2D eigenvalue weighted by Gasteiger charge is 2.27. The van der Waals surface area contributed by atoms with Gasteiger partial charge in [-0.2, -0.15) is 0 Å². The predicted molar refractivity (Wildman–Crippen MR) is 101 cm³/mol. The van der Waals surface area contributed by atoms with E-state index in [9.17, 15) is 14.4 Å². The Morgan fingerprint density at radius 1 is 1.22 bits per heavy atom. The van der Waals surface area contributed by atoms with E-state index in [1.54, 1.807) is 38.1 Å². The molecule has 2 rings (SSSR count). The van der Waals surface area contributed by atoms with Gasteiger partial charge in [0.25, 0.3) is 11.8 Å². The summed E-state index contributed by atoms with van der Waals surface area (Å²) in [6, 6.07) is 7.23. The molecule has 1 heterocycles. The molecule has 2 N–H and O–H groups in total. The lowest BCUT2D eigenvalue weighted by Gasteiger charge is -2.20. The lowest BCUT2D eigenvalue weighted by Crippen LogP contribution is -2.45. The third kappa shape index (κ3) is 5.86. The zero-order chi connectivity index (χ0) is 20.0. The third-order valence-corrected chi connectivity index (χ3v) is 4.01.